The fourth-order valence-corrected chi connectivity index (χ4v) is 2.97. The number of aryl methyl sites for hydroxylation is 1. The topological polar surface area (TPSA) is 62.2 Å². The summed E-state index contributed by atoms with van der Waals surface area (Å²) < 4.78 is 0. The lowest BCUT2D eigenvalue weighted by molar-refractivity contribution is 0.0790. The molecule has 3 rings (SSSR count). The van der Waals surface area contributed by atoms with E-state index < -0.39 is 0 Å². The number of para-hydroxylation sites is 1. The quantitative estimate of drug-likeness (QED) is 0.631. The number of hydrogen-bond acceptors (Lipinski definition) is 5. The van der Waals surface area contributed by atoms with E-state index in [9.17, 15) is 4.79 Å². The van der Waals surface area contributed by atoms with E-state index in [0.717, 1.165) is 23.4 Å². The Bertz CT molecular complexity index is 915. The maximum atomic E-state index is 12.9. The van der Waals surface area contributed by atoms with E-state index in [2.05, 4.69) is 15.0 Å². The highest BCUT2D eigenvalue weighted by Crippen LogP contribution is 2.22. The third kappa shape index (κ3) is 4.71. The largest absolute Gasteiger partial charge is 0.340 e. The number of benzene rings is 1. The van der Waals surface area contributed by atoms with Crippen LogP contribution in [-0.2, 0) is 6.42 Å². The van der Waals surface area contributed by atoms with Gasteiger partial charge in [-0.25, -0.2) is 9.97 Å². The van der Waals surface area contributed by atoms with Gasteiger partial charge in [0.05, 0.1) is 0 Å². The lowest BCUT2D eigenvalue weighted by Crippen LogP contribution is -2.30. The highest BCUT2D eigenvalue weighted by Gasteiger charge is 2.18. The Morgan fingerprint density at radius 1 is 1.04 bits per heavy atom. The summed E-state index contributed by atoms with van der Waals surface area (Å²) in [5, 5.41) is 0. The van der Waals surface area contributed by atoms with Crippen molar-refractivity contribution in [1.82, 2.24) is 19.9 Å². The summed E-state index contributed by atoms with van der Waals surface area (Å²) >= 11 is 0. The fourth-order valence-electron chi connectivity index (χ4n) is 2.97. The molecule has 0 aliphatic carbocycles. The lowest BCUT2D eigenvalue weighted by atomic mass is 10.2. The normalized spacial score (nSPS) is 10.5. The number of rotatable bonds is 7. The third-order valence-electron chi connectivity index (χ3n) is 4.52. The van der Waals surface area contributed by atoms with Gasteiger partial charge in [-0.2, -0.15) is 0 Å². The Morgan fingerprint density at radius 3 is 2.43 bits per heavy atom. The average molecular weight is 375 g/mol. The molecule has 28 heavy (non-hydrogen) atoms. The second-order valence-electron chi connectivity index (χ2n) is 6.61. The van der Waals surface area contributed by atoms with Gasteiger partial charge in [-0.1, -0.05) is 18.2 Å². The number of amides is 1. The summed E-state index contributed by atoms with van der Waals surface area (Å²) in [4.78, 5) is 29.8. The van der Waals surface area contributed by atoms with Gasteiger partial charge in [0.25, 0.3) is 5.91 Å². The highest BCUT2D eigenvalue weighted by atomic mass is 16.2. The Kier molecular flexibility index (Phi) is 6.32. The first kappa shape index (κ1) is 19.5. The average Bonchev–Trinajstić information content (AvgIpc) is 2.73. The lowest BCUT2D eigenvalue weighted by Gasteiger charge is -2.22. The van der Waals surface area contributed by atoms with E-state index >= 15 is 0 Å². The van der Waals surface area contributed by atoms with Crippen molar-refractivity contribution in [2.24, 2.45) is 0 Å². The predicted octanol–water partition coefficient (Wildman–Crippen LogP) is 3.65. The van der Waals surface area contributed by atoms with E-state index in [1.54, 1.807) is 30.4 Å². The first-order valence-corrected chi connectivity index (χ1v) is 9.41. The Hall–Kier alpha value is -3.28. The van der Waals surface area contributed by atoms with Crippen LogP contribution in [0.1, 0.15) is 28.7 Å². The maximum absolute atomic E-state index is 12.9. The molecule has 0 fully saturated rings. The van der Waals surface area contributed by atoms with Crippen LogP contribution in [0.4, 0.5) is 11.6 Å². The summed E-state index contributed by atoms with van der Waals surface area (Å²) in [6.45, 7) is 5.25. The predicted molar refractivity (Wildman–Crippen MR) is 111 cm³/mol. The molecular formula is C22H25N5O. The second-order valence-corrected chi connectivity index (χ2v) is 6.61. The molecule has 1 amide bonds. The van der Waals surface area contributed by atoms with Crippen molar-refractivity contribution in [2.75, 3.05) is 25.0 Å². The third-order valence-corrected chi connectivity index (χ3v) is 4.52. The smallest absolute Gasteiger partial charge is 0.272 e. The van der Waals surface area contributed by atoms with Gasteiger partial charge < -0.3 is 9.80 Å². The number of aromatic nitrogens is 3. The van der Waals surface area contributed by atoms with Gasteiger partial charge in [0, 0.05) is 43.9 Å². The highest BCUT2D eigenvalue weighted by molar-refractivity contribution is 5.92. The summed E-state index contributed by atoms with van der Waals surface area (Å²) in [6.07, 6.45) is 4.30. The Morgan fingerprint density at radius 2 is 1.75 bits per heavy atom. The molecular weight excluding hydrogens is 350 g/mol. The Labute approximate surface area is 165 Å². The van der Waals surface area contributed by atoms with E-state index in [4.69, 9.17) is 0 Å². The van der Waals surface area contributed by atoms with Crippen molar-refractivity contribution < 1.29 is 4.79 Å². The molecule has 0 unspecified atom stereocenters. The zero-order valence-corrected chi connectivity index (χ0v) is 16.5. The molecule has 0 N–H and O–H groups in total. The summed E-state index contributed by atoms with van der Waals surface area (Å²) in [7, 11) is 1.80. The van der Waals surface area contributed by atoms with Crippen molar-refractivity contribution in [3.05, 3.63) is 77.9 Å². The van der Waals surface area contributed by atoms with Crippen LogP contribution in [0, 0.1) is 6.92 Å². The number of likely N-dealkylation sites (N-methyl/N-ethyl adjacent to an activating group) is 1. The minimum absolute atomic E-state index is 0.107. The molecule has 0 aliphatic heterocycles. The molecule has 0 aliphatic rings. The van der Waals surface area contributed by atoms with Gasteiger partial charge in [0.2, 0.25) is 5.95 Å². The number of anilines is 2. The van der Waals surface area contributed by atoms with Gasteiger partial charge in [-0.15, -0.1) is 0 Å². The molecule has 2 aromatic heterocycles. The molecule has 0 saturated carbocycles. The van der Waals surface area contributed by atoms with Crippen molar-refractivity contribution >= 4 is 17.5 Å². The first-order chi connectivity index (χ1) is 13.6. The standard InChI is InChI=1S/C22H25N5O/c1-4-27(19-8-6-5-7-9-19)22-24-17(2)16-20(25-22)21(28)26(3)15-12-18-10-13-23-14-11-18/h5-11,13-14,16H,4,12,15H2,1-3H3. The van der Waals surface area contributed by atoms with Crippen LogP contribution in [-0.4, -0.2) is 45.9 Å². The Balaban J connectivity index is 1.79. The van der Waals surface area contributed by atoms with Gasteiger partial charge in [-0.3, -0.25) is 9.78 Å². The molecule has 0 atom stereocenters. The molecule has 144 valence electrons. The molecule has 2 heterocycles. The van der Waals surface area contributed by atoms with Gasteiger partial charge >= 0.3 is 0 Å². The van der Waals surface area contributed by atoms with Crippen molar-refractivity contribution in [2.45, 2.75) is 20.3 Å². The van der Waals surface area contributed by atoms with Crippen LogP contribution in [0.15, 0.2) is 60.9 Å². The second kappa shape index (κ2) is 9.08. The van der Waals surface area contributed by atoms with E-state index in [-0.39, 0.29) is 5.91 Å². The maximum Gasteiger partial charge on any atom is 0.272 e. The molecule has 6 heteroatoms. The minimum Gasteiger partial charge on any atom is -0.340 e. The van der Waals surface area contributed by atoms with Crippen LogP contribution in [0.2, 0.25) is 0 Å². The fraction of sp³-hybridized carbons (Fsp3) is 0.273. The van der Waals surface area contributed by atoms with Gasteiger partial charge in [0.15, 0.2) is 0 Å². The summed E-state index contributed by atoms with van der Waals surface area (Å²) in [5.41, 5.74) is 3.33. The van der Waals surface area contributed by atoms with E-state index in [1.807, 2.05) is 61.2 Å². The molecule has 1 aromatic carbocycles. The SMILES string of the molecule is CCN(c1ccccc1)c1nc(C)cc(C(=O)N(C)CCc2ccncc2)n1. The summed E-state index contributed by atoms with van der Waals surface area (Å²) in [6, 6.07) is 15.6. The molecule has 6 nitrogen and oxygen atoms in total. The monoisotopic (exact) mass is 375 g/mol. The number of hydrogen-bond donors (Lipinski definition) is 0. The van der Waals surface area contributed by atoms with Crippen molar-refractivity contribution in [3.8, 4) is 0 Å². The van der Waals surface area contributed by atoms with Crippen LogP contribution in [0.5, 0.6) is 0 Å². The summed E-state index contributed by atoms with van der Waals surface area (Å²) in [5.74, 6) is 0.435. The van der Waals surface area contributed by atoms with Crippen molar-refractivity contribution in [3.63, 3.8) is 0 Å². The zero-order chi connectivity index (χ0) is 19.9. The number of carbonyl (C=O) groups is 1. The van der Waals surface area contributed by atoms with Crippen LogP contribution >= 0.6 is 0 Å². The minimum atomic E-state index is -0.107. The van der Waals surface area contributed by atoms with E-state index in [0.29, 0.717) is 24.7 Å². The van der Waals surface area contributed by atoms with Gasteiger partial charge in [-0.05, 0) is 56.2 Å². The number of nitrogens with zero attached hydrogens (tertiary/aromatic N) is 5. The van der Waals surface area contributed by atoms with Crippen LogP contribution < -0.4 is 4.90 Å². The van der Waals surface area contributed by atoms with Gasteiger partial charge in [0.1, 0.15) is 5.69 Å². The van der Waals surface area contributed by atoms with E-state index in [1.165, 1.54) is 0 Å². The zero-order valence-electron chi connectivity index (χ0n) is 16.5. The molecule has 0 radical (unpaired) electrons. The molecule has 0 bridgehead atoms. The van der Waals surface area contributed by atoms with Crippen LogP contribution in [0.3, 0.4) is 0 Å². The number of carbonyl (C=O) groups excluding carboxylic acids is 1. The first-order valence-electron chi connectivity index (χ1n) is 9.41. The molecule has 3 aromatic rings. The molecule has 0 spiro atoms. The van der Waals surface area contributed by atoms with Crippen LogP contribution in [0.25, 0.3) is 0 Å². The molecule has 0 saturated heterocycles. The van der Waals surface area contributed by atoms with Crippen molar-refractivity contribution in [1.29, 1.82) is 0 Å². The number of pyridine rings is 1.